The molecular formula is C32H41NO5. The fraction of sp³-hybridized carbons (Fsp3) is 0.781. The second-order valence-electron chi connectivity index (χ2n) is 14.6. The van der Waals surface area contributed by atoms with Crippen molar-refractivity contribution < 1.29 is 24.5 Å². The third-order valence-corrected chi connectivity index (χ3v) is 12.7. The number of benzene rings is 1. The number of carbonyl (C=O) groups is 1. The van der Waals surface area contributed by atoms with E-state index in [2.05, 4.69) is 11.0 Å². The number of nitrogens with zero attached hydrogens (tertiary/aromatic N) is 1. The number of hydrogen-bond acceptors (Lipinski definition) is 6. The Morgan fingerprint density at radius 1 is 1.05 bits per heavy atom. The number of carbonyl (C=O) groups excluding carboxylic acids is 1. The van der Waals surface area contributed by atoms with Gasteiger partial charge in [0.05, 0.1) is 17.1 Å². The zero-order valence-electron chi connectivity index (χ0n) is 22.3. The van der Waals surface area contributed by atoms with E-state index in [1.54, 1.807) is 6.07 Å². The van der Waals surface area contributed by atoms with Crippen LogP contribution in [0.5, 0.6) is 11.5 Å². The molecule has 10 rings (SSSR count). The van der Waals surface area contributed by atoms with Crippen LogP contribution in [-0.2, 0) is 21.4 Å². The van der Waals surface area contributed by atoms with E-state index in [4.69, 9.17) is 9.47 Å². The summed E-state index contributed by atoms with van der Waals surface area (Å²) in [5, 5.41) is 23.5. The highest BCUT2D eigenvalue weighted by Crippen LogP contribution is 2.66. The number of piperidine rings is 1. The van der Waals surface area contributed by atoms with Gasteiger partial charge in [0.1, 0.15) is 12.7 Å². The van der Waals surface area contributed by atoms with E-state index in [0.29, 0.717) is 36.2 Å². The molecule has 0 amide bonds. The van der Waals surface area contributed by atoms with E-state index < -0.39 is 11.0 Å². The molecule has 1 aromatic carbocycles. The standard InChI is InChI=1S/C32H41NO5/c34-23-4-3-20-14-26-32(36)6-5-25(37-16-24(35)27-21-10-18-9-19(12-21)13-22(27)11-18)30-31(32,28(20)29(23)38-30)7-8-33(26)15-17-1-2-17/h3-4,17-19,21-22,25-27,30,34,36H,1-2,5-16H2. The van der Waals surface area contributed by atoms with Gasteiger partial charge in [-0.1, -0.05) is 6.07 Å². The molecule has 5 unspecified atom stereocenters. The smallest absolute Gasteiger partial charge is 0.165 e. The van der Waals surface area contributed by atoms with Gasteiger partial charge in [-0.05, 0) is 118 Å². The monoisotopic (exact) mass is 519 g/mol. The number of ketones is 1. The summed E-state index contributed by atoms with van der Waals surface area (Å²) in [6.45, 7) is 2.18. The zero-order valence-corrected chi connectivity index (χ0v) is 22.3. The molecule has 6 saturated carbocycles. The summed E-state index contributed by atoms with van der Waals surface area (Å²) in [4.78, 5) is 16.2. The SMILES string of the molecule is O=C(COC1CCC2(O)C3Cc4ccc(O)c5c4C2(CCN3CC2CC2)C1O5)C1C2CC3CC(C2)CC1C3. The van der Waals surface area contributed by atoms with Gasteiger partial charge >= 0.3 is 0 Å². The lowest BCUT2D eigenvalue weighted by molar-refractivity contribution is -0.215. The van der Waals surface area contributed by atoms with E-state index >= 15 is 0 Å². The van der Waals surface area contributed by atoms with Crippen LogP contribution in [0.1, 0.15) is 75.3 Å². The van der Waals surface area contributed by atoms with Crippen LogP contribution < -0.4 is 4.74 Å². The molecule has 6 nitrogen and oxygen atoms in total. The molecule has 2 N–H and O–H groups in total. The normalized spacial score (nSPS) is 47.6. The second kappa shape index (κ2) is 7.76. The molecule has 1 saturated heterocycles. The lowest BCUT2D eigenvalue weighted by atomic mass is 9.48. The van der Waals surface area contributed by atoms with Crippen molar-refractivity contribution in [2.24, 2.45) is 35.5 Å². The molecule has 2 aliphatic heterocycles. The van der Waals surface area contributed by atoms with Gasteiger partial charge in [-0.25, -0.2) is 0 Å². The number of aliphatic hydroxyl groups is 1. The molecule has 0 aromatic heterocycles. The predicted octanol–water partition coefficient (Wildman–Crippen LogP) is 3.98. The average molecular weight is 520 g/mol. The summed E-state index contributed by atoms with van der Waals surface area (Å²) >= 11 is 0. The van der Waals surface area contributed by atoms with Crippen molar-refractivity contribution in [1.82, 2.24) is 4.90 Å². The maximum absolute atomic E-state index is 13.6. The third kappa shape index (κ3) is 2.93. The first kappa shape index (κ1) is 23.1. The molecule has 7 aliphatic carbocycles. The molecule has 0 radical (unpaired) electrons. The quantitative estimate of drug-likeness (QED) is 0.592. The van der Waals surface area contributed by atoms with Crippen LogP contribution in [0.25, 0.3) is 0 Å². The molecular weight excluding hydrogens is 478 g/mol. The number of likely N-dealkylation sites (tertiary alicyclic amines) is 1. The molecule has 5 atom stereocenters. The first-order chi connectivity index (χ1) is 18.4. The number of rotatable bonds is 6. The number of hydrogen-bond donors (Lipinski definition) is 2. The maximum Gasteiger partial charge on any atom is 0.165 e. The van der Waals surface area contributed by atoms with Gasteiger partial charge in [0, 0.05) is 24.1 Å². The van der Waals surface area contributed by atoms with Gasteiger partial charge in [-0.15, -0.1) is 0 Å². The van der Waals surface area contributed by atoms with Crippen molar-refractivity contribution in [3.8, 4) is 11.5 Å². The van der Waals surface area contributed by atoms with E-state index in [0.717, 1.165) is 49.2 Å². The number of ether oxygens (including phenoxy) is 2. The number of Topliss-reactive ketones (excluding diaryl/α,β-unsaturated/α-hetero) is 1. The minimum Gasteiger partial charge on any atom is -0.504 e. The molecule has 1 aromatic rings. The number of phenols is 1. The van der Waals surface area contributed by atoms with Crippen LogP contribution in [0.4, 0.5) is 0 Å². The minimum absolute atomic E-state index is 0.0709. The van der Waals surface area contributed by atoms with Crippen molar-refractivity contribution in [3.05, 3.63) is 23.3 Å². The summed E-state index contributed by atoms with van der Waals surface area (Å²) < 4.78 is 13.2. The van der Waals surface area contributed by atoms with Gasteiger partial charge in [0.25, 0.3) is 0 Å². The Labute approximate surface area is 225 Å². The molecule has 6 bridgehead atoms. The Bertz CT molecular complexity index is 1170. The van der Waals surface area contributed by atoms with Crippen LogP contribution >= 0.6 is 0 Å². The van der Waals surface area contributed by atoms with Crippen molar-refractivity contribution >= 4 is 5.78 Å². The highest BCUT2D eigenvalue weighted by atomic mass is 16.6. The van der Waals surface area contributed by atoms with Crippen LogP contribution in [-0.4, -0.2) is 64.4 Å². The summed E-state index contributed by atoms with van der Waals surface area (Å²) in [6, 6.07) is 3.88. The lowest BCUT2D eigenvalue weighted by Crippen LogP contribution is -2.77. The molecule has 38 heavy (non-hydrogen) atoms. The van der Waals surface area contributed by atoms with Crippen LogP contribution in [0, 0.1) is 35.5 Å². The fourth-order valence-electron chi connectivity index (χ4n) is 11.3. The molecule has 2 heterocycles. The lowest BCUT2D eigenvalue weighted by Gasteiger charge is -2.64. The van der Waals surface area contributed by atoms with Crippen molar-refractivity contribution in [2.45, 2.75) is 99.9 Å². The molecule has 6 heteroatoms. The highest BCUT2D eigenvalue weighted by Gasteiger charge is 2.73. The highest BCUT2D eigenvalue weighted by molar-refractivity contribution is 5.83. The van der Waals surface area contributed by atoms with E-state index in [9.17, 15) is 15.0 Å². The third-order valence-electron chi connectivity index (χ3n) is 12.7. The Kier molecular flexibility index (Phi) is 4.72. The zero-order chi connectivity index (χ0) is 25.4. The van der Waals surface area contributed by atoms with Crippen molar-refractivity contribution in [2.75, 3.05) is 19.7 Å². The summed E-state index contributed by atoms with van der Waals surface area (Å²) in [7, 11) is 0. The summed E-state index contributed by atoms with van der Waals surface area (Å²) in [5.41, 5.74) is 0.768. The van der Waals surface area contributed by atoms with E-state index in [1.165, 1.54) is 50.5 Å². The first-order valence-electron chi connectivity index (χ1n) is 15.6. The molecule has 9 aliphatic rings. The van der Waals surface area contributed by atoms with Crippen LogP contribution in [0.15, 0.2) is 12.1 Å². The summed E-state index contributed by atoms with van der Waals surface area (Å²) in [6.07, 6.45) is 11.3. The fourth-order valence-corrected chi connectivity index (χ4v) is 11.3. The largest absolute Gasteiger partial charge is 0.504 e. The Morgan fingerprint density at radius 2 is 1.82 bits per heavy atom. The van der Waals surface area contributed by atoms with Gasteiger partial charge in [-0.3, -0.25) is 9.69 Å². The van der Waals surface area contributed by atoms with Gasteiger partial charge in [0.15, 0.2) is 17.3 Å². The van der Waals surface area contributed by atoms with Crippen LogP contribution in [0.2, 0.25) is 0 Å². The van der Waals surface area contributed by atoms with Gasteiger partial charge < -0.3 is 19.7 Å². The Balaban J connectivity index is 1.01. The second-order valence-corrected chi connectivity index (χ2v) is 14.6. The van der Waals surface area contributed by atoms with Gasteiger partial charge in [-0.2, -0.15) is 0 Å². The van der Waals surface area contributed by atoms with Crippen LogP contribution in [0.3, 0.4) is 0 Å². The molecule has 7 fully saturated rings. The van der Waals surface area contributed by atoms with Crippen molar-refractivity contribution in [1.29, 1.82) is 0 Å². The number of aromatic hydroxyl groups is 1. The van der Waals surface area contributed by atoms with E-state index in [-0.39, 0.29) is 36.5 Å². The summed E-state index contributed by atoms with van der Waals surface area (Å²) in [5.74, 6) is 4.83. The Hall–Kier alpha value is -1.63. The first-order valence-corrected chi connectivity index (χ1v) is 15.6. The Morgan fingerprint density at radius 3 is 2.55 bits per heavy atom. The number of phenolic OH excluding ortho intramolecular Hbond substituents is 1. The van der Waals surface area contributed by atoms with E-state index in [1.807, 2.05) is 0 Å². The minimum atomic E-state index is -0.901. The topological polar surface area (TPSA) is 79.2 Å². The molecule has 1 spiro atoms. The predicted molar refractivity (Wildman–Crippen MR) is 140 cm³/mol. The average Bonchev–Trinajstić information content (AvgIpc) is 3.63. The van der Waals surface area contributed by atoms with Crippen molar-refractivity contribution in [3.63, 3.8) is 0 Å². The molecule has 204 valence electrons. The van der Waals surface area contributed by atoms with Gasteiger partial charge in [0.2, 0.25) is 0 Å². The maximum atomic E-state index is 13.6.